The number of nitrogens with zero attached hydrogens (tertiary/aromatic N) is 2. The van der Waals surface area contributed by atoms with E-state index in [9.17, 15) is 13.2 Å². The Morgan fingerprint density at radius 1 is 1.42 bits per heavy atom. The van der Waals surface area contributed by atoms with E-state index < -0.39 is 15.9 Å². The van der Waals surface area contributed by atoms with Gasteiger partial charge in [0, 0.05) is 19.4 Å². The highest BCUT2D eigenvalue weighted by molar-refractivity contribution is 7.98. The molecule has 0 fully saturated rings. The lowest BCUT2D eigenvalue weighted by atomic mass is 10.4. The first kappa shape index (κ1) is 19.3. The number of sulfonamides is 1. The number of aromatic nitrogens is 2. The van der Waals surface area contributed by atoms with Gasteiger partial charge in [-0.25, -0.2) is 18.1 Å². The molecule has 12 heteroatoms. The molecule has 3 aromatic heterocycles. The van der Waals surface area contributed by atoms with Crippen LogP contribution in [0.3, 0.4) is 0 Å². The molecule has 0 unspecified atom stereocenters. The molecular formula is C14H11Cl2N3O4S3. The molecule has 1 N–H and O–H groups in total. The van der Waals surface area contributed by atoms with Gasteiger partial charge in [0.1, 0.15) is 15.0 Å². The summed E-state index contributed by atoms with van der Waals surface area (Å²) in [6.07, 6.45) is 3.49. The quantitative estimate of drug-likeness (QED) is 0.572. The number of nitrogens with one attached hydrogen (secondary N) is 1. The van der Waals surface area contributed by atoms with E-state index in [1.807, 2.05) is 22.5 Å². The van der Waals surface area contributed by atoms with Crippen LogP contribution in [0.4, 0.5) is 0 Å². The third-order valence-corrected chi connectivity index (χ3v) is 7.31. The van der Waals surface area contributed by atoms with Crippen molar-refractivity contribution in [2.24, 2.45) is 7.05 Å². The Kier molecular flexibility index (Phi) is 5.68. The second kappa shape index (κ2) is 7.65. The van der Waals surface area contributed by atoms with Crippen molar-refractivity contribution in [3.63, 3.8) is 0 Å². The minimum Gasteiger partial charge on any atom is -0.455 e. The smallest absolute Gasteiger partial charge is 0.300 e. The first-order chi connectivity index (χ1) is 12.3. The minimum absolute atomic E-state index is 0.0260. The number of furan rings is 1. The highest BCUT2D eigenvalue weighted by atomic mass is 35.5. The molecule has 0 radical (unpaired) electrons. The second-order valence-corrected chi connectivity index (χ2v) is 9.88. The van der Waals surface area contributed by atoms with Crippen LogP contribution < -0.4 is 4.72 Å². The van der Waals surface area contributed by atoms with E-state index in [0.717, 1.165) is 16.5 Å². The fourth-order valence-electron chi connectivity index (χ4n) is 1.94. The Labute approximate surface area is 167 Å². The summed E-state index contributed by atoms with van der Waals surface area (Å²) < 4.78 is 33.9. The summed E-state index contributed by atoms with van der Waals surface area (Å²) in [7, 11) is -2.28. The largest absolute Gasteiger partial charge is 0.455 e. The summed E-state index contributed by atoms with van der Waals surface area (Å²) >= 11 is 13.9. The molecule has 0 aromatic carbocycles. The molecule has 7 nitrogen and oxygen atoms in total. The maximum absolute atomic E-state index is 12.3. The zero-order valence-corrected chi connectivity index (χ0v) is 17.1. The molecule has 26 heavy (non-hydrogen) atoms. The lowest BCUT2D eigenvalue weighted by molar-refractivity contribution is 0.0953. The lowest BCUT2D eigenvalue weighted by Crippen LogP contribution is -2.30. The molecule has 3 aromatic rings. The van der Waals surface area contributed by atoms with Crippen LogP contribution in [-0.2, 0) is 22.8 Å². The maximum Gasteiger partial charge on any atom is 0.300 e. The van der Waals surface area contributed by atoms with Crippen LogP contribution >= 0.6 is 46.3 Å². The molecule has 0 aliphatic carbocycles. The van der Waals surface area contributed by atoms with Crippen LogP contribution in [0.15, 0.2) is 45.1 Å². The van der Waals surface area contributed by atoms with Gasteiger partial charge in [0.25, 0.3) is 10.0 Å². The molecule has 3 rings (SSSR count). The van der Waals surface area contributed by atoms with E-state index in [0.29, 0.717) is 11.5 Å². The van der Waals surface area contributed by atoms with Gasteiger partial charge >= 0.3 is 5.91 Å². The van der Waals surface area contributed by atoms with Crippen LogP contribution in [0, 0.1) is 0 Å². The number of hydrogen-bond donors (Lipinski definition) is 1. The predicted octanol–water partition coefficient (Wildman–Crippen LogP) is 3.79. The SMILES string of the molecule is Cn1ccnc1SCc1ccc(C(=O)NS(=O)(=O)c2cc(Cl)sc2Cl)o1. The minimum atomic E-state index is -4.15. The fraction of sp³-hybridized carbons (Fsp3) is 0.143. The summed E-state index contributed by atoms with van der Waals surface area (Å²) in [5.74, 6) is -0.0631. The zero-order chi connectivity index (χ0) is 18.9. The van der Waals surface area contributed by atoms with Crippen LogP contribution in [0.1, 0.15) is 16.3 Å². The number of thiophene rings is 1. The van der Waals surface area contributed by atoms with Crippen molar-refractivity contribution in [3.8, 4) is 0 Å². The third kappa shape index (κ3) is 4.26. The Balaban J connectivity index is 1.68. The van der Waals surface area contributed by atoms with Crippen LogP contribution in [0.2, 0.25) is 8.67 Å². The number of thioether (sulfide) groups is 1. The van der Waals surface area contributed by atoms with Crippen molar-refractivity contribution < 1.29 is 17.6 Å². The number of halogens is 2. The first-order valence-electron chi connectivity index (χ1n) is 6.97. The van der Waals surface area contributed by atoms with E-state index in [2.05, 4.69) is 4.98 Å². The summed E-state index contributed by atoms with van der Waals surface area (Å²) in [5, 5.41) is 0.791. The van der Waals surface area contributed by atoms with E-state index >= 15 is 0 Å². The molecule has 0 spiro atoms. The topological polar surface area (TPSA) is 94.2 Å². The fourth-order valence-corrected chi connectivity index (χ4v) is 5.87. The van der Waals surface area contributed by atoms with Gasteiger partial charge in [-0.15, -0.1) is 11.3 Å². The number of amides is 1. The molecule has 0 aliphatic rings. The standard InChI is InChI=1S/C14H11Cl2N3O4S3/c1-19-5-4-17-14(19)24-7-8-2-3-9(23-8)13(20)18-26(21,22)10-6-11(15)25-12(10)16/h2-6H,7H2,1H3,(H,18,20). The Bertz CT molecular complexity index is 1060. The zero-order valence-electron chi connectivity index (χ0n) is 13.1. The van der Waals surface area contributed by atoms with Crippen LogP contribution in [0.25, 0.3) is 0 Å². The molecule has 138 valence electrons. The summed E-state index contributed by atoms with van der Waals surface area (Å²) in [4.78, 5) is 16.1. The van der Waals surface area contributed by atoms with Crippen molar-refractivity contribution in [1.82, 2.24) is 14.3 Å². The monoisotopic (exact) mass is 451 g/mol. The second-order valence-electron chi connectivity index (χ2n) is 5.00. The van der Waals surface area contributed by atoms with Crippen LogP contribution in [-0.4, -0.2) is 23.9 Å². The average Bonchev–Trinajstić information content (AvgIpc) is 3.25. The molecule has 3 heterocycles. The molecule has 0 atom stereocenters. The highest BCUT2D eigenvalue weighted by Crippen LogP contribution is 2.34. The summed E-state index contributed by atoms with van der Waals surface area (Å²) in [6, 6.07) is 4.19. The number of imidazole rings is 1. The molecular weight excluding hydrogens is 441 g/mol. The number of aryl methyl sites for hydroxylation is 1. The Morgan fingerprint density at radius 2 is 2.19 bits per heavy atom. The van der Waals surface area contributed by atoms with Crippen LogP contribution in [0.5, 0.6) is 0 Å². The van der Waals surface area contributed by atoms with E-state index in [1.54, 1.807) is 12.3 Å². The molecule has 0 bridgehead atoms. The van der Waals surface area contributed by atoms with Crippen molar-refractivity contribution >= 4 is 62.2 Å². The van der Waals surface area contributed by atoms with Gasteiger partial charge in [-0.1, -0.05) is 35.0 Å². The van der Waals surface area contributed by atoms with Crippen molar-refractivity contribution in [2.45, 2.75) is 15.8 Å². The number of carbonyl (C=O) groups is 1. The Hall–Kier alpha value is -1.46. The average molecular weight is 452 g/mol. The molecule has 1 amide bonds. The first-order valence-corrected chi connectivity index (χ1v) is 11.0. The number of rotatable bonds is 6. The molecule has 0 aliphatic heterocycles. The molecule has 0 saturated carbocycles. The van der Waals surface area contributed by atoms with Gasteiger partial charge in [0.2, 0.25) is 0 Å². The summed E-state index contributed by atoms with van der Waals surface area (Å²) in [5.41, 5.74) is 0. The van der Waals surface area contributed by atoms with Gasteiger partial charge in [0.15, 0.2) is 10.9 Å². The van der Waals surface area contributed by atoms with Gasteiger partial charge in [-0.2, -0.15) is 0 Å². The van der Waals surface area contributed by atoms with Gasteiger partial charge in [-0.3, -0.25) is 4.79 Å². The van der Waals surface area contributed by atoms with Crippen molar-refractivity contribution in [2.75, 3.05) is 0 Å². The van der Waals surface area contributed by atoms with Crippen molar-refractivity contribution in [1.29, 1.82) is 0 Å². The number of hydrogen-bond acceptors (Lipinski definition) is 7. The number of carbonyl (C=O) groups excluding carboxylic acids is 1. The third-order valence-electron chi connectivity index (χ3n) is 3.15. The van der Waals surface area contributed by atoms with E-state index in [1.165, 1.54) is 23.9 Å². The Morgan fingerprint density at radius 3 is 2.81 bits per heavy atom. The predicted molar refractivity (Wildman–Crippen MR) is 100 cm³/mol. The van der Waals surface area contributed by atoms with Gasteiger partial charge in [0.05, 0.1) is 10.1 Å². The van der Waals surface area contributed by atoms with Gasteiger partial charge < -0.3 is 8.98 Å². The highest BCUT2D eigenvalue weighted by Gasteiger charge is 2.25. The van der Waals surface area contributed by atoms with E-state index in [4.69, 9.17) is 27.6 Å². The van der Waals surface area contributed by atoms with Crippen molar-refractivity contribution in [3.05, 3.63) is 50.8 Å². The van der Waals surface area contributed by atoms with E-state index in [-0.39, 0.29) is 19.3 Å². The van der Waals surface area contributed by atoms with Gasteiger partial charge in [-0.05, 0) is 18.2 Å². The lowest BCUT2D eigenvalue weighted by Gasteiger charge is -2.04. The normalized spacial score (nSPS) is 11.7. The summed E-state index contributed by atoms with van der Waals surface area (Å²) in [6.45, 7) is 0. The molecule has 0 saturated heterocycles. The maximum atomic E-state index is 12.3.